The molecule has 0 spiro atoms. The second-order valence-electron chi connectivity index (χ2n) is 5.60. The molecular formula is C17H21N2+. The molecular weight excluding hydrogens is 232 g/mol. The molecule has 2 aromatic rings. The third-order valence-electron chi connectivity index (χ3n) is 4.28. The van der Waals surface area contributed by atoms with Crippen molar-refractivity contribution in [2.24, 2.45) is 7.05 Å². The number of pyridine rings is 2. The largest absolute Gasteiger partial charge is 0.264 e. The van der Waals surface area contributed by atoms with Crippen LogP contribution in [0.3, 0.4) is 0 Å². The molecule has 0 radical (unpaired) electrons. The van der Waals surface area contributed by atoms with E-state index < -0.39 is 0 Å². The monoisotopic (exact) mass is 253 g/mol. The first-order valence-electron chi connectivity index (χ1n) is 7.17. The SMILES string of the molecule is Cc1cnccc1-c1c(C2CCCC2)ccc[n+]1C. The maximum absolute atomic E-state index is 4.22. The minimum Gasteiger partial charge on any atom is -0.264 e. The van der Waals surface area contributed by atoms with Crippen LogP contribution in [0.5, 0.6) is 0 Å². The second kappa shape index (κ2) is 5.12. The van der Waals surface area contributed by atoms with Gasteiger partial charge < -0.3 is 0 Å². The zero-order valence-corrected chi connectivity index (χ0v) is 11.8. The third-order valence-corrected chi connectivity index (χ3v) is 4.28. The Labute approximate surface area is 115 Å². The Balaban J connectivity index is 2.16. The lowest BCUT2D eigenvalue weighted by atomic mass is 9.92. The van der Waals surface area contributed by atoms with E-state index in [0.29, 0.717) is 0 Å². The molecule has 0 aliphatic heterocycles. The van der Waals surface area contributed by atoms with E-state index in [1.54, 1.807) is 0 Å². The first-order chi connectivity index (χ1) is 9.27. The molecule has 0 aromatic carbocycles. The molecule has 1 aliphatic carbocycles. The van der Waals surface area contributed by atoms with E-state index in [0.717, 1.165) is 5.92 Å². The van der Waals surface area contributed by atoms with Gasteiger partial charge in [0.1, 0.15) is 7.05 Å². The van der Waals surface area contributed by atoms with Crippen LogP contribution in [0.2, 0.25) is 0 Å². The highest BCUT2D eigenvalue weighted by Gasteiger charge is 2.26. The van der Waals surface area contributed by atoms with E-state index in [1.807, 2.05) is 12.4 Å². The van der Waals surface area contributed by atoms with E-state index in [9.17, 15) is 0 Å². The van der Waals surface area contributed by atoms with Crippen LogP contribution < -0.4 is 4.57 Å². The number of hydrogen-bond acceptors (Lipinski definition) is 1. The zero-order valence-electron chi connectivity index (χ0n) is 11.8. The number of hydrogen-bond donors (Lipinski definition) is 0. The molecule has 2 heterocycles. The molecule has 2 heteroatoms. The van der Waals surface area contributed by atoms with Gasteiger partial charge in [0.25, 0.3) is 0 Å². The quantitative estimate of drug-likeness (QED) is 0.748. The van der Waals surface area contributed by atoms with Crippen LogP contribution in [-0.2, 0) is 7.05 Å². The highest BCUT2D eigenvalue weighted by molar-refractivity contribution is 5.64. The second-order valence-corrected chi connectivity index (χ2v) is 5.60. The van der Waals surface area contributed by atoms with Gasteiger partial charge in [-0.05, 0) is 43.4 Å². The molecule has 0 N–H and O–H groups in total. The molecule has 98 valence electrons. The molecule has 3 rings (SSSR count). The predicted molar refractivity (Wildman–Crippen MR) is 76.8 cm³/mol. The van der Waals surface area contributed by atoms with Crippen molar-refractivity contribution >= 4 is 0 Å². The van der Waals surface area contributed by atoms with Crippen LogP contribution in [0.4, 0.5) is 0 Å². The summed E-state index contributed by atoms with van der Waals surface area (Å²) in [6, 6.07) is 6.63. The lowest BCUT2D eigenvalue weighted by Gasteiger charge is -2.14. The van der Waals surface area contributed by atoms with Gasteiger partial charge in [0.2, 0.25) is 5.69 Å². The number of aryl methyl sites for hydroxylation is 2. The van der Waals surface area contributed by atoms with Crippen molar-refractivity contribution in [3.05, 3.63) is 47.9 Å². The summed E-state index contributed by atoms with van der Waals surface area (Å²) in [7, 11) is 2.15. The molecule has 2 aromatic heterocycles. The third kappa shape index (κ3) is 2.27. The van der Waals surface area contributed by atoms with Gasteiger partial charge in [0, 0.05) is 24.0 Å². The Morgan fingerprint density at radius 1 is 1.21 bits per heavy atom. The summed E-state index contributed by atoms with van der Waals surface area (Å²) in [5.74, 6) is 0.731. The summed E-state index contributed by atoms with van der Waals surface area (Å²) in [5.41, 5.74) is 5.45. The highest BCUT2D eigenvalue weighted by atomic mass is 14.9. The lowest BCUT2D eigenvalue weighted by Crippen LogP contribution is -2.32. The normalized spacial score (nSPS) is 15.9. The first kappa shape index (κ1) is 12.3. The molecule has 0 atom stereocenters. The Kier molecular flexibility index (Phi) is 3.33. The van der Waals surface area contributed by atoms with Gasteiger partial charge in [-0.3, -0.25) is 4.98 Å². The maximum Gasteiger partial charge on any atom is 0.216 e. The van der Waals surface area contributed by atoms with Crippen LogP contribution in [0.1, 0.15) is 42.7 Å². The topological polar surface area (TPSA) is 16.8 Å². The van der Waals surface area contributed by atoms with E-state index in [1.165, 1.54) is 48.1 Å². The van der Waals surface area contributed by atoms with Crippen LogP contribution in [-0.4, -0.2) is 4.98 Å². The molecule has 0 saturated heterocycles. The van der Waals surface area contributed by atoms with Gasteiger partial charge in [0.15, 0.2) is 6.20 Å². The summed E-state index contributed by atoms with van der Waals surface area (Å²) in [4.78, 5) is 4.22. The van der Waals surface area contributed by atoms with Gasteiger partial charge in [-0.1, -0.05) is 12.8 Å². The molecule has 19 heavy (non-hydrogen) atoms. The molecule has 0 bridgehead atoms. The van der Waals surface area contributed by atoms with Crippen molar-refractivity contribution in [1.29, 1.82) is 0 Å². The minimum absolute atomic E-state index is 0.731. The predicted octanol–water partition coefficient (Wildman–Crippen LogP) is 3.54. The van der Waals surface area contributed by atoms with Crippen LogP contribution in [0.25, 0.3) is 11.3 Å². The molecule has 1 aliphatic rings. The van der Waals surface area contributed by atoms with Gasteiger partial charge in [-0.25, -0.2) is 4.57 Å². The van der Waals surface area contributed by atoms with Gasteiger partial charge in [0.05, 0.1) is 5.56 Å². The summed E-state index contributed by atoms with van der Waals surface area (Å²) in [6.07, 6.45) is 11.4. The van der Waals surface area contributed by atoms with Crippen molar-refractivity contribution in [1.82, 2.24) is 4.98 Å². The van der Waals surface area contributed by atoms with Crippen molar-refractivity contribution in [3.63, 3.8) is 0 Å². The first-order valence-corrected chi connectivity index (χ1v) is 7.17. The van der Waals surface area contributed by atoms with Crippen LogP contribution in [0.15, 0.2) is 36.8 Å². The summed E-state index contributed by atoms with van der Waals surface area (Å²) in [6.45, 7) is 2.15. The van der Waals surface area contributed by atoms with E-state index >= 15 is 0 Å². The number of nitrogens with zero attached hydrogens (tertiary/aromatic N) is 2. The highest BCUT2D eigenvalue weighted by Crippen LogP contribution is 2.38. The Hall–Kier alpha value is -1.70. The van der Waals surface area contributed by atoms with E-state index in [2.05, 4.69) is 47.9 Å². The fourth-order valence-electron chi connectivity index (χ4n) is 3.28. The zero-order chi connectivity index (χ0) is 13.2. The Morgan fingerprint density at radius 2 is 2.00 bits per heavy atom. The van der Waals surface area contributed by atoms with Gasteiger partial charge in [-0.2, -0.15) is 0 Å². The lowest BCUT2D eigenvalue weighted by molar-refractivity contribution is -0.660. The maximum atomic E-state index is 4.22. The van der Waals surface area contributed by atoms with Crippen LogP contribution in [0, 0.1) is 6.92 Å². The Morgan fingerprint density at radius 3 is 2.74 bits per heavy atom. The molecule has 2 nitrogen and oxygen atoms in total. The Bertz CT molecular complexity index is 584. The average molecular weight is 253 g/mol. The van der Waals surface area contributed by atoms with E-state index in [-0.39, 0.29) is 0 Å². The van der Waals surface area contributed by atoms with Gasteiger partial charge >= 0.3 is 0 Å². The molecule has 1 saturated carbocycles. The van der Waals surface area contributed by atoms with Gasteiger partial charge in [-0.15, -0.1) is 0 Å². The molecule has 0 amide bonds. The number of rotatable bonds is 2. The van der Waals surface area contributed by atoms with Crippen molar-refractivity contribution in [3.8, 4) is 11.3 Å². The van der Waals surface area contributed by atoms with E-state index in [4.69, 9.17) is 0 Å². The van der Waals surface area contributed by atoms with Crippen molar-refractivity contribution < 1.29 is 4.57 Å². The average Bonchev–Trinajstić information content (AvgIpc) is 2.93. The molecule has 1 fully saturated rings. The van der Waals surface area contributed by atoms with Crippen molar-refractivity contribution in [2.75, 3.05) is 0 Å². The standard InChI is InChI=1S/C17H21N2/c1-13-12-18-10-9-15(13)17-16(8-5-11-19(17)2)14-6-3-4-7-14/h5,8-12,14H,3-4,6-7H2,1-2H3/q+1. The smallest absolute Gasteiger partial charge is 0.216 e. The van der Waals surface area contributed by atoms with Crippen LogP contribution >= 0.6 is 0 Å². The summed E-state index contributed by atoms with van der Waals surface area (Å²) >= 11 is 0. The fraction of sp³-hybridized carbons (Fsp3) is 0.412. The van der Waals surface area contributed by atoms with Crippen molar-refractivity contribution in [2.45, 2.75) is 38.5 Å². The minimum atomic E-state index is 0.731. The molecule has 0 unspecified atom stereocenters. The summed E-state index contributed by atoms with van der Waals surface area (Å²) < 4.78 is 2.26. The summed E-state index contributed by atoms with van der Waals surface area (Å²) in [5, 5.41) is 0. The fourth-order valence-corrected chi connectivity index (χ4v) is 3.28. The number of aromatic nitrogens is 2.